The number of fused-ring (bicyclic) bond motifs is 1. The van der Waals surface area contributed by atoms with Crippen molar-refractivity contribution < 1.29 is 14.6 Å². The van der Waals surface area contributed by atoms with Crippen LogP contribution in [-0.2, 0) is 0 Å². The molecule has 3 rings (SSSR count). The van der Waals surface area contributed by atoms with E-state index in [1.54, 1.807) is 12.1 Å². The molecule has 0 aromatic heterocycles. The van der Waals surface area contributed by atoms with E-state index in [1.807, 2.05) is 30.3 Å². The van der Waals surface area contributed by atoms with E-state index in [9.17, 15) is 25.0 Å². The number of rotatable bonds is 6. The number of benzene rings is 3. The number of hydrogen-bond donors (Lipinski definition) is 2. The molecule has 0 saturated heterocycles. The molecule has 0 aliphatic heterocycles. The van der Waals surface area contributed by atoms with Gasteiger partial charge in [0.1, 0.15) is 6.17 Å². The summed E-state index contributed by atoms with van der Waals surface area (Å²) in [4.78, 5) is 33.2. The van der Waals surface area contributed by atoms with Crippen molar-refractivity contribution in [1.82, 2.24) is 5.32 Å². The minimum absolute atomic E-state index is 0.333. The van der Waals surface area contributed by atoms with Gasteiger partial charge in [0.25, 0.3) is 17.3 Å². The van der Waals surface area contributed by atoms with Gasteiger partial charge in [-0.3, -0.25) is 25.0 Å². The summed E-state index contributed by atoms with van der Waals surface area (Å²) in [5, 5.41) is 29.2. The molecule has 0 fully saturated rings. The monoisotopic (exact) mass is 482 g/mol. The summed E-state index contributed by atoms with van der Waals surface area (Å²) in [6.07, 6.45) is -1.27. The predicted octanol–water partition coefficient (Wildman–Crippen LogP) is 5.19. The number of amides is 1. The average molecular weight is 484 g/mol. The summed E-state index contributed by atoms with van der Waals surface area (Å²) < 4.78 is -2.03. The minimum atomic E-state index is -2.03. The van der Waals surface area contributed by atoms with Crippen LogP contribution in [0.2, 0.25) is 0 Å². The number of nitro benzene ring substituents is 2. The van der Waals surface area contributed by atoms with Gasteiger partial charge in [0.15, 0.2) is 0 Å². The third-order valence-corrected chi connectivity index (χ3v) is 4.93. The number of alkyl halides is 3. The number of non-ortho nitro benzene ring substituents is 2. The van der Waals surface area contributed by atoms with Crippen LogP contribution in [0.4, 0.5) is 17.1 Å². The first kappa shape index (κ1) is 22.5. The quantitative estimate of drug-likeness (QED) is 0.215. The number of hydrogen-bond acceptors (Lipinski definition) is 6. The van der Waals surface area contributed by atoms with Crippen LogP contribution in [0.5, 0.6) is 0 Å². The lowest BCUT2D eigenvalue weighted by molar-refractivity contribution is -0.394. The highest BCUT2D eigenvalue weighted by Crippen LogP contribution is 2.33. The molecule has 160 valence electrons. The van der Waals surface area contributed by atoms with Gasteiger partial charge in [-0.1, -0.05) is 71.2 Å². The molecule has 0 saturated carbocycles. The fraction of sp³-hybridized carbons (Fsp3) is 0.105. The van der Waals surface area contributed by atoms with Crippen LogP contribution in [-0.4, -0.2) is 25.7 Å². The Kier molecular flexibility index (Phi) is 6.49. The predicted molar refractivity (Wildman–Crippen MR) is 119 cm³/mol. The molecule has 1 atom stereocenters. The second-order valence-electron chi connectivity index (χ2n) is 6.37. The van der Waals surface area contributed by atoms with Crippen LogP contribution in [0.1, 0.15) is 10.4 Å². The Balaban J connectivity index is 1.94. The molecule has 0 unspecified atom stereocenters. The maximum absolute atomic E-state index is 12.7. The molecular weight excluding hydrogens is 471 g/mol. The third-order valence-electron chi connectivity index (χ3n) is 4.28. The number of nitrogens with zero attached hydrogens (tertiary/aromatic N) is 2. The van der Waals surface area contributed by atoms with Crippen molar-refractivity contribution in [1.29, 1.82) is 0 Å². The number of nitrogens with one attached hydrogen (secondary N) is 2. The Morgan fingerprint density at radius 1 is 0.903 bits per heavy atom. The number of halogens is 3. The van der Waals surface area contributed by atoms with Crippen LogP contribution in [0.25, 0.3) is 10.8 Å². The smallest absolute Gasteiger partial charge is 0.277 e. The highest BCUT2D eigenvalue weighted by molar-refractivity contribution is 6.68. The molecule has 12 heteroatoms. The second-order valence-corrected chi connectivity index (χ2v) is 8.74. The van der Waals surface area contributed by atoms with Gasteiger partial charge < -0.3 is 10.6 Å². The van der Waals surface area contributed by atoms with Crippen LogP contribution < -0.4 is 10.6 Å². The summed E-state index contributed by atoms with van der Waals surface area (Å²) in [5.41, 5.74) is -1.02. The van der Waals surface area contributed by atoms with E-state index < -0.39 is 37.1 Å². The van der Waals surface area contributed by atoms with Crippen LogP contribution in [0, 0.1) is 20.2 Å². The Hall–Kier alpha value is -3.14. The molecular formula is C19H13Cl3N4O5. The van der Waals surface area contributed by atoms with E-state index in [-0.39, 0.29) is 5.56 Å². The van der Waals surface area contributed by atoms with Gasteiger partial charge in [0.05, 0.1) is 21.5 Å². The van der Waals surface area contributed by atoms with Gasteiger partial charge in [-0.15, -0.1) is 0 Å². The zero-order valence-corrected chi connectivity index (χ0v) is 17.7. The third kappa shape index (κ3) is 5.32. The minimum Gasteiger partial charge on any atom is -0.361 e. The SMILES string of the molecule is O=C(N[C@@H](Nc1cccc2ccccc12)C(Cl)(Cl)Cl)c1cc([N+](=O)[O-])cc([N+](=O)[O-])c1. The van der Waals surface area contributed by atoms with E-state index >= 15 is 0 Å². The molecule has 0 radical (unpaired) electrons. The summed E-state index contributed by atoms with van der Waals surface area (Å²) >= 11 is 18.1. The lowest BCUT2D eigenvalue weighted by Gasteiger charge is -2.28. The molecule has 0 spiro atoms. The number of carbonyl (C=O) groups is 1. The van der Waals surface area contributed by atoms with Crippen molar-refractivity contribution in [2.24, 2.45) is 0 Å². The first-order chi connectivity index (χ1) is 14.6. The molecule has 9 nitrogen and oxygen atoms in total. The maximum atomic E-state index is 12.7. The molecule has 3 aromatic rings. The lowest BCUT2D eigenvalue weighted by atomic mass is 10.1. The van der Waals surface area contributed by atoms with Crippen LogP contribution in [0.15, 0.2) is 60.7 Å². The molecule has 0 heterocycles. The van der Waals surface area contributed by atoms with Crippen molar-refractivity contribution in [2.75, 3.05) is 5.32 Å². The highest BCUT2D eigenvalue weighted by Gasteiger charge is 2.35. The fourth-order valence-electron chi connectivity index (χ4n) is 2.86. The summed E-state index contributed by atoms with van der Waals surface area (Å²) in [6, 6.07) is 15.3. The Morgan fingerprint density at radius 3 is 2.06 bits per heavy atom. The molecule has 1 amide bonds. The van der Waals surface area contributed by atoms with E-state index in [1.165, 1.54) is 0 Å². The summed E-state index contributed by atoms with van der Waals surface area (Å²) in [5.74, 6) is -0.907. The van der Waals surface area contributed by atoms with Gasteiger partial charge in [0.2, 0.25) is 3.79 Å². The molecule has 0 bridgehead atoms. The number of anilines is 1. The molecule has 31 heavy (non-hydrogen) atoms. The van der Waals surface area contributed by atoms with Crippen molar-refractivity contribution in [3.8, 4) is 0 Å². The van der Waals surface area contributed by atoms with Gasteiger partial charge in [-0.2, -0.15) is 0 Å². The Bertz CT molecular complexity index is 1150. The lowest BCUT2D eigenvalue weighted by Crippen LogP contribution is -2.49. The van der Waals surface area contributed by atoms with Gasteiger partial charge in [-0.05, 0) is 11.5 Å². The molecule has 2 N–H and O–H groups in total. The zero-order valence-electron chi connectivity index (χ0n) is 15.4. The van der Waals surface area contributed by atoms with Crippen molar-refractivity contribution in [3.63, 3.8) is 0 Å². The van der Waals surface area contributed by atoms with Crippen molar-refractivity contribution >= 4 is 68.5 Å². The standard InChI is InChI=1S/C19H13Cl3N4O5/c20-19(21,22)18(23-16-7-3-5-11-4-1-2-6-15(11)16)24-17(27)12-8-13(25(28)29)10-14(9-12)26(30)31/h1-10,18,23H,(H,24,27)/t18-/m1/s1. The average Bonchev–Trinajstić information content (AvgIpc) is 2.72. The first-order valence-corrected chi connectivity index (χ1v) is 9.75. The van der Waals surface area contributed by atoms with E-state index in [2.05, 4.69) is 10.6 Å². The van der Waals surface area contributed by atoms with Crippen LogP contribution >= 0.6 is 34.8 Å². The highest BCUT2D eigenvalue weighted by atomic mass is 35.6. The topological polar surface area (TPSA) is 127 Å². The van der Waals surface area contributed by atoms with E-state index in [0.29, 0.717) is 5.69 Å². The zero-order chi connectivity index (χ0) is 22.8. The molecule has 0 aliphatic carbocycles. The maximum Gasteiger partial charge on any atom is 0.277 e. The molecule has 0 aliphatic rings. The first-order valence-electron chi connectivity index (χ1n) is 8.62. The van der Waals surface area contributed by atoms with Gasteiger partial charge in [-0.25, -0.2) is 0 Å². The largest absolute Gasteiger partial charge is 0.361 e. The normalized spacial score (nSPS) is 12.2. The van der Waals surface area contributed by atoms with E-state index in [4.69, 9.17) is 34.8 Å². The Morgan fingerprint density at radius 2 is 1.48 bits per heavy atom. The van der Waals surface area contributed by atoms with Crippen molar-refractivity contribution in [2.45, 2.75) is 9.96 Å². The molecule has 3 aromatic carbocycles. The summed E-state index contributed by atoms with van der Waals surface area (Å²) in [7, 11) is 0. The van der Waals surface area contributed by atoms with Gasteiger partial charge >= 0.3 is 0 Å². The van der Waals surface area contributed by atoms with Gasteiger partial charge in [0, 0.05) is 23.2 Å². The van der Waals surface area contributed by atoms with Crippen LogP contribution in [0.3, 0.4) is 0 Å². The number of carbonyl (C=O) groups excluding carboxylic acids is 1. The number of nitro groups is 2. The van der Waals surface area contributed by atoms with Crippen molar-refractivity contribution in [3.05, 3.63) is 86.5 Å². The fourth-order valence-corrected chi connectivity index (χ4v) is 3.19. The summed E-state index contributed by atoms with van der Waals surface area (Å²) in [6.45, 7) is 0. The second kappa shape index (κ2) is 8.93. The van der Waals surface area contributed by atoms with E-state index in [0.717, 1.165) is 29.0 Å². The Labute approximate surface area is 190 Å².